The first-order valence-corrected chi connectivity index (χ1v) is 3.16. The number of aliphatic imine (C=N–C) groups is 1. The highest BCUT2D eigenvalue weighted by atomic mass is 15.1. The fraction of sp³-hybridized carbons (Fsp3) is 0.571. The van der Waals surface area contributed by atoms with Crippen LogP contribution in [0.25, 0.3) is 0 Å². The fourth-order valence-corrected chi connectivity index (χ4v) is 0.320. The van der Waals surface area contributed by atoms with Crippen LogP contribution in [0.5, 0.6) is 0 Å². The molecule has 2 heteroatoms. The third-order valence-corrected chi connectivity index (χ3v) is 0.998. The van der Waals surface area contributed by atoms with Crippen LogP contribution in [-0.4, -0.2) is 24.8 Å². The van der Waals surface area contributed by atoms with Gasteiger partial charge in [-0.15, -0.1) is 0 Å². The Labute approximate surface area is 56.9 Å². The van der Waals surface area contributed by atoms with Crippen LogP contribution < -0.4 is 0 Å². The van der Waals surface area contributed by atoms with E-state index in [4.69, 9.17) is 0 Å². The lowest BCUT2D eigenvalue weighted by atomic mass is 10.7. The average Bonchev–Trinajstić information content (AvgIpc) is 1.89. The van der Waals surface area contributed by atoms with Crippen molar-refractivity contribution in [1.29, 1.82) is 0 Å². The van der Waals surface area contributed by atoms with Crippen LogP contribution >= 0.6 is 0 Å². The zero-order valence-corrected chi connectivity index (χ0v) is 6.33. The summed E-state index contributed by atoms with van der Waals surface area (Å²) in [4.78, 5) is 5.99. The molecule has 0 fully saturated rings. The predicted molar refractivity (Wildman–Crippen MR) is 41.6 cm³/mol. The van der Waals surface area contributed by atoms with Crippen LogP contribution in [0.4, 0.5) is 0 Å². The van der Waals surface area contributed by atoms with Crippen molar-refractivity contribution in [2.75, 3.05) is 13.6 Å². The third kappa shape index (κ3) is 5.07. The summed E-state index contributed by atoms with van der Waals surface area (Å²) in [6, 6.07) is 0. The summed E-state index contributed by atoms with van der Waals surface area (Å²) in [7, 11) is 1.99. The molecular weight excluding hydrogens is 112 g/mol. The van der Waals surface area contributed by atoms with Gasteiger partial charge in [-0.1, -0.05) is 6.08 Å². The van der Waals surface area contributed by atoms with Gasteiger partial charge in [0, 0.05) is 19.8 Å². The number of hydrogen-bond acceptors (Lipinski definition) is 1. The highest BCUT2D eigenvalue weighted by Crippen LogP contribution is 1.75. The minimum absolute atomic E-state index is 1.00. The normalized spacial score (nSPS) is 11.4. The van der Waals surface area contributed by atoms with Gasteiger partial charge in [0.25, 0.3) is 0 Å². The molecule has 9 heavy (non-hydrogen) atoms. The third-order valence-electron chi connectivity index (χ3n) is 0.998. The van der Waals surface area contributed by atoms with Crippen LogP contribution in [0, 0.1) is 0 Å². The fourth-order valence-electron chi connectivity index (χ4n) is 0.320. The Kier molecular flexibility index (Phi) is 4.88. The molecule has 0 spiro atoms. The molecule has 0 amide bonds. The van der Waals surface area contributed by atoms with Crippen molar-refractivity contribution in [3.63, 3.8) is 0 Å². The lowest BCUT2D eigenvalue weighted by Gasteiger charge is -2.06. The molecule has 0 atom stereocenters. The summed E-state index contributed by atoms with van der Waals surface area (Å²) >= 11 is 0. The maximum absolute atomic E-state index is 3.98. The topological polar surface area (TPSA) is 15.6 Å². The maximum atomic E-state index is 3.98. The Balaban J connectivity index is 3.43. The van der Waals surface area contributed by atoms with E-state index in [0.29, 0.717) is 0 Å². The Hall–Kier alpha value is -0.790. The van der Waals surface area contributed by atoms with E-state index in [2.05, 4.69) is 11.9 Å². The zero-order chi connectivity index (χ0) is 7.11. The van der Waals surface area contributed by atoms with Gasteiger partial charge in [0.2, 0.25) is 0 Å². The van der Waals surface area contributed by atoms with Crippen LogP contribution in [-0.2, 0) is 0 Å². The SMILES string of the molecule is C/C=C/N=C/N(C)CC. The molecule has 0 aliphatic carbocycles. The Bertz CT molecular complexity index is 105. The van der Waals surface area contributed by atoms with Gasteiger partial charge in [0.1, 0.15) is 0 Å². The van der Waals surface area contributed by atoms with Crippen molar-refractivity contribution in [2.24, 2.45) is 4.99 Å². The molecule has 0 N–H and O–H groups in total. The second kappa shape index (κ2) is 5.35. The first-order chi connectivity index (χ1) is 4.31. The lowest BCUT2D eigenvalue weighted by molar-refractivity contribution is 0.552. The number of allylic oxidation sites excluding steroid dienone is 1. The minimum atomic E-state index is 1.00. The van der Waals surface area contributed by atoms with Crippen LogP contribution in [0.2, 0.25) is 0 Å². The van der Waals surface area contributed by atoms with Gasteiger partial charge < -0.3 is 4.90 Å². The van der Waals surface area contributed by atoms with Crippen molar-refractivity contribution in [3.8, 4) is 0 Å². The largest absolute Gasteiger partial charge is 0.366 e. The number of hydrogen-bond donors (Lipinski definition) is 0. The minimum Gasteiger partial charge on any atom is -0.366 e. The number of rotatable bonds is 3. The highest BCUT2D eigenvalue weighted by molar-refractivity contribution is 5.55. The molecule has 0 aliphatic heterocycles. The van der Waals surface area contributed by atoms with E-state index in [-0.39, 0.29) is 0 Å². The van der Waals surface area contributed by atoms with Gasteiger partial charge in [-0.25, -0.2) is 4.99 Å². The van der Waals surface area contributed by atoms with Gasteiger partial charge in [-0.3, -0.25) is 0 Å². The van der Waals surface area contributed by atoms with Gasteiger partial charge >= 0.3 is 0 Å². The Morgan fingerprint density at radius 1 is 1.56 bits per heavy atom. The molecule has 0 rings (SSSR count). The van der Waals surface area contributed by atoms with Crippen molar-refractivity contribution in [2.45, 2.75) is 13.8 Å². The summed E-state index contributed by atoms with van der Waals surface area (Å²) < 4.78 is 0. The van der Waals surface area contributed by atoms with Crippen LogP contribution in [0.3, 0.4) is 0 Å². The molecule has 0 radical (unpaired) electrons. The quantitative estimate of drug-likeness (QED) is 0.413. The van der Waals surface area contributed by atoms with E-state index in [0.717, 1.165) is 6.54 Å². The maximum Gasteiger partial charge on any atom is 0.0902 e. The van der Waals surface area contributed by atoms with E-state index in [9.17, 15) is 0 Å². The molecule has 0 saturated carbocycles. The average molecular weight is 126 g/mol. The molecular formula is C7H14N2. The molecule has 0 unspecified atom stereocenters. The van der Waals surface area contributed by atoms with Gasteiger partial charge in [0.05, 0.1) is 6.34 Å². The molecule has 52 valence electrons. The zero-order valence-electron chi connectivity index (χ0n) is 6.33. The molecule has 0 aromatic heterocycles. The molecule has 0 aromatic carbocycles. The smallest absolute Gasteiger partial charge is 0.0902 e. The number of nitrogens with zero attached hydrogens (tertiary/aromatic N) is 2. The first-order valence-electron chi connectivity index (χ1n) is 3.16. The van der Waals surface area contributed by atoms with E-state index < -0.39 is 0 Å². The summed E-state index contributed by atoms with van der Waals surface area (Å²) in [5.41, 5.74) is 0. The summed E-state index contributed by atoms with van der Waals surface area (Å²) in [5, 5.41) is 0. The van der Waals surface area contributed by atoms with Gasteiger partial charge in [0.15, 0.2) is 0 Å². The molecule has 0 saturated heterocycles. The van der Waals surface area contributed by atoms with Gasteiger partial charge in [-0.05, 0) is 13.8 Å². The predicted octanol–water partition coefficient (Wildman–Crippen LogP) is 1.50. The summed E-state index contributed by atoms with van der Waals surface area (Å²) in [6.45, 7) is 5.03. The van der Waals surface area contributed by atoms with E-state index in [1.807, 2.05) is 24.9 Å². The highest BCUT2D eigenvalue weighted by Gasteiger charge is 1.79. The van der Waals surface area contributed by atoms with E-state index >= 15 is 0 Å². The molecule has 2 nitrogen and oxygen atoms in total. The second-order valence-corrected chi connectivity index (χ2v) is 1.82. The molecule has 0 aliphatic rings. The molecule has 0 heterocycles. The van der Waals surface area contributed by atoms with Crippen molar-refractivity contribution < 1.29 is 0 Å². The Morgan fingerprint density at radius 2 is 2.22 bits per heavy atom. The van der Waals surface area contributed by atoms with Crippen LogP contribution in [0.15, 0.2) is 17.3 Å². The summed E-state index contributed by atoms with van der Waals surface area (Å²) in [6.07, 6.45) is 5.48. The molecule has 0 bridgehead atoms. The Morgan fingerprint density at radius 3 is 2.67 bits per heavy atom. The molecule has 0 aromatic rings. The standard InChI is InChI=1S/C7H14N2/c1-4-6-8-7-9(3)5-2/h4,6-7H,5H2,1-3H3/b6-4+,8-7+. The van der Waals surface area contributed by atoms with Crippen LogP contribution in [0.1, 0.15) is 13.8 Å². The van der Waals surface area contributed by atoms with E-state index in [1.54, 1.807) is 12.5 Å². The van der Waals surface area contributed by atoms with Gasteiger partial charge in [-0.2, -0.15) is 0 Å². The summed E-state index contributed by atoms with van der Waals surface area (Å²) in [5.74, 6) is 0. The van der Waals surface area contributed by atoms with Crippen molar-refractivity contribution >= 4 is 6.34 Å². The van der Waals surface area contributed by atoms with Crippen molar-refractivity contribution in [3.05, 3.63) is 12.3 Å². The second-order valence-electron chi connectivity index (χ2n) is 1.82. The monoisotopic (exact) mass is 126 g/mol. The van der Waals surface area contributed by atoms with Crippen molar-refractivity contribution in [1.82, 2.24) is 4.90 Å². The first kappa shape index (κ1) is 8.21. The lowest BCUT2D eigenvalue weighted by Crippen LogP contribution is -2.14. The van der Waals surface area contributed by atoms with E-state index in [1.165, 1.54) is 0 Å².